The summed E-state index contributed by atoms with van der Waals surface area (Å²) >= 11 is 1.42. The molecule has 0 radical (unpaired) electrons. The van der Waals surface area contributed by atoms with Crippen molar-refractivity contribution >= 4 is 17.2 Å². The van der Waals surface area contributed by atoms with Crippen molar-refractivity contribution < 1.29 is 4.79 Å². The Balaban J connectivity index is 2.15. The lowest BCUT2D eigenvalue weighted by Gasteiger charge is -2.24. The van der Waals surface area contributed by atoms with Crippen LogP contribution in [0.25, 0.3) is 0 Å². The molecule has 88 valence electrons. The van der Waals surface area contributed by atoms with E-state index in [1.165, 1.54) is 11.3 Å². The van der Waals surface area contributed by atoms with Gasteiger partial charge in [0.15, 0.2) is 0 Å². The van der Waals surface area contributed by atoms with E-state index in [-0.39, 0.29) is 11.9 Å². The molecule has 0 spiro atoms. The molecule has 5 heteroatoms. The normalized spacial score (nSPS) is 12.1. The van der Waals surface area contributed by atoms with Gasteiger partial charge < -0.3 is 4.90 Å². The van der Waals surface area contributed by atoms with Crippen molar-refractivity contribution in [2.24, 2.45) is 0 Å². The molecule has 2 aromatic rings. The highest BCUT2D eigenvalue weighted by Gasteiger charge is 2.19. The zero-order chi connectivity index (χ0) is 12.3. The minimum atomic E-state index is -0.0597. The maximum absolute atomic E-state index is 12.1. The highest BCUT2D eigenvalue weighted by atomic mass is 32.1. The Labute approximate surface area is 104 Å². The van der Waals surface area contributed by atoms with Crippen LogP contribution in [-0.2, 0) is 0 Å². The number of nitrogens with zero attached hydrogens (tertiary/aromatic N) is 3. The summed E-state index contributed by atoms with van der Waals surface area (Å²) < 4.78 is 0. The summed E-state index contributed by atoms with van der Waals surface area (Å²) in [5.41, 5.74) is 3.22. The third-order valence-corrected chi connectivity index (χ3v) is 3.33. The maximum Gasteiger partial charge on any atom is 0.273 e. The van der Waals surface area contributed by atoms with E-state index in [1.54, 1.807) is 35.2 Å². The molecule has 0 aromatic carbocycles. The van der Waals surface area contributed by atoms with Crippen LogP contribution in [0.2, 0.25) is 0 Å². The van der Waals surface area contributed by atoms with Gasteiger partial charge in [0.1, 0.15) is 5.69 Å². The number of rotatable bonds is 3. The van der Waals surface area contributed by atoms with Crippen LogP contribution in [-0.4, -0.2) is 27.8 Å². The summed E-state index contributed by atoms with van der Waals surface area (Å²) in [6, 6.07) is 3.83. The van der Waals surface area contributed by atoms with Gasteiger partial charge >= 0.3 is 0 Å². The Hall–Kier alpha value is -1.75. The SMILES string of the molecule is CC(c1ccncc1)N(C)C(=O)c1cscn1. The Morgan fingerprint density at radius 3 is 2.71 bits per heavy atom. The monoisotopic (exact) mass is 247 g/mol. The van der Waals surface area contributed by atoms with Gasteiger partial charge in [-0.2, -0.15) is 0 Å². The van der Waals surface area contributed by atoms with E-state index in [2.05, 4.69) is 9.97 Å². The summed E-state index contributed by atoms with van der Waals surface area (Å²) in [6.45, 7) is 1.99. The molecule has 1 amide bonds. The van der Waals surface area contributed by atoms with Crippen molar-refractivity contribution in [1.82, 2.24) is 14.9 Å². The van der Waals surface area contributed by atoms with E-state index < -0.39 is 0 Å². The second kappa shape index (κ2) is 5.05. The molecule has 4 nitrogen and oxygen atoms in total. The first-order valence-electron chi connectivity index (χ1n) is 5.25. The molecule has 0 aliphatic heterocycles. The molecule has 0 fully saturated rings. The zero-order valence-corrected chi connectivity index (χ0v) is 10.5. The highest BCUT2D eigenvalue weighted by Crippen LogP contribution is 2.19. The molecule has 0 bridgehead atoms. The lowest BCUT2D eigenvalue weighted by atomic mass is 10.1. The van der Waals surface area contributed by atoms with Crippen LogP contribution in [0.4, 0.5) is 0 Å². The standard InChI is InChI=1S/C12H13N3OS/c1-9(10-3-5-13-6-4-10)15(2)12(16)11-7-17-8-14-11/h3-9H,1-2H3. The number of pyridine rings is 1. The van der Waals surface area contributed by atoms with Gasteiger partial charge in [0.25, 0.3) is 5.91 Å². The van der Waals surface area contributed by atoms with Crippen molar-refractivity contribution in [2.75, 3.05) is 7.05 Å². The van der Waals surface area contributed by atoms with Crippen molar-refractivity contribution in [1.29, 1.82) is 0 Å². The fraction of sp³-hybridized carbons (Fsp3) is 0.250. The molecular weight excluding hydrogens is 234 g/mol. The number of carbonyl (C=O) groups excluding carboxylic acids is 1. The lowest BCUT2D eigenvalue weighted by molar-refractivity contribution is 0.0737. The summed E-state index contributed by atoms with van der Waals surface area (Å²) in [5.74, 6) is -0.0597. The van der Waals surface area contributed by atoms with Gasteiger partial charge in [0, 0.05) is 24.8 Å². The second-order valence-corrected chi connectivity index (χ2v) is 4.46. The number of thiazole rings is 1. The van der Waals surface area contributed by atoms with Crippen LogP contribution >= 0.6 is 11.3 Å². The predicted molar refractivity (Wildman–Crippen MR) is 66.9 cm³/mol. The fourth-order valence-electron chi connectivity index (χ4n) is 1.54. The Bertz CT molecular complexity index is 484. The second-order valence-electron chi connectivity index (χ2n) is 3.75. The first kappa shape index (κ1) is 11.7. The first-order valence-corrected chi connectivity index (χ1v) is 6.19. The minimum Gasteiger partial charge on any atom is -0.334 e. The number of amides is 1. The molecule has 2 rings (SSSR count). The van der Waals surface area contributed by atoms with E-state index in [9.17, 15) is 4.79 Å². The number of carbonyl (C=O) groups is 1. The van der Waals surface area contributed by atoms with Crippen molar-refractivity contribution in [3.05, 3.63) is 46.7 Å². The largest absolute Gasteiger partial charge is 0.334 e. The smallest absolute Gasteiger partial charge is 0.273 e. The Morgan fingerprint density at radius 1 is 1.41 bits per heavy atom. The molecule has 1 unspecified atom stereocenters. The topological polar surface area (TPSA) is 46.1 Å². The molecular formula is C12H13N3OS. The maximum atomic E-state index is 12.1. The molecule has 0 saturated heterocycles. The molecule has 0 aliphatic carbocycles. The molecule has 2 heterocycles. The molecule has 17 heavy (non-hydrogen) atoms. The van der Waals surface area contributed by atoms with E-state index >= 15 is 0 Å². The van der Waals surface area contributed by atoms with Gasteiger partial charge in [-0.1, -0.05) is 0 Å². The summed E-state index contributed by atoms with van der Waals surface area (Å²) in [6.07, 6.45) is 3.46. The number of aromatic nitrogens is 2. The zero-order valence-electron chi connectivity index (χ0n) is 9.70. The van der Waals surface area contributed by atoms with Crippen LogP contribution in [0.1, 0.15) is 29.0 Å². The number of hydrogen-bond donors (Lipinski definition) is 0. The van der Waals surface area contributed by atoms with Gasteiger partial charge in [-0.05, 0) is 24.6 Å². The summed E-state index contributed by atoms with van der Waals surface area (Å²) in [7, 11) is 1.78. The average Bonchev–Trinajstić information content (AvgIpc) is 2.91. The van der Waals surface area contributed by atoms with Gasteiger partial charge in [-0.25, -0.2) is 4.98 Å². The quantitative estimate of drug-likeness (QED) is 0.836. The van der Waals surface area contributed by atoms with Crippen LogP contribution in [0, 0.1) is 0 Å². The Kier molecular flexibility index (Phi) is 3.49. The lowest BCUT2D eigenvalue weighted by Crippen LogP contribution is -2.29. The molecule has 1 atom stereocenters. The van der Waals surface area contributed by atoms with Gasteiger partial charge in [-0.15, -0.1) is 11.3 Å². The van der Waals surface area contributed by atoms with Gasteiger partial charge in [0.05, 0.1) is 11.6 Å². The summed E-state index contributed by atoms with van der Waals surface area (Å²) in [4.78, 5) is 21.8. The van der Waals surface area contributed by atoms with E-state index in [4.69, 9.17) is 0 Å². The predicted octanol–water partition coefficient (Wildman–Crippen LogP) is 2.37. The molecule has 0 N–H and O–H groups in total. The van der Waals surface area contributed by atoms with E-state index in [0.717, 1.165) is 5.56 Å². The first-order chi connectivity index (χ1) is 8.20. The third kappa shape index (κ3) is 2.50. The average molecular weight is 247 g/mol. The molecule has 0 saturated carbocycles. The minimum absolute atomic E-state index is 0.00667. The summed E-state index contributed by atoms with van der Waals surface area (Å²) in [5, 5.41) is 1.76. The highest BCUT2D eigenvalue weighted by molar-refractivity contribution is 7.07. The van der Waals surface area contributed by atoms with Gasteiger partial charge in [0.2, 0.25) is 0 Å². The van der Waals surface area contributed by atoms with Crippen molar-refractivity contribution in [3.63, 3.8) is 0 Å². The van der Waals surface area contributed by atoms with E-state index in [1.807, 2.05) is 19.1 Å². The number of hydrogen-bond acceptors (Lipinski definition) is 4. The third-order valence-electron chi connectivity index (χ3n) is 2.74. The van der Waals surface area contributed by atoms with Gasteiger partial charge in [-0.3, -0.25) is 9.78 Å². The van der Waals surface area contributed by atoms with Crippen molar-refractivity contribution in [2.45, 2.75) is 13.0 Å². The molecule has 0 aliphatic rings. The van der Waals surface area contributed by atoms with Crippen LogP contribution in [0.3, 0.4) is 0 Å². The van der Waals surface area contributed by atoms with Crippen LogP contribution in [0.15, 0.2) is 35.4 Å². The van der Waals surface area contributed by atoms with Crippen LogP contribution < -0.4 is 0 Å². The van der Waals surface area contributed by atoms with Crippen molar-refractivity contribution in [3.8, 4) is 0 Å². The fourth-order valence-corrected chi connectivity index (χ4v) is 2.07. The van der Waals surface area contributed by atoms with E-state index in [0.29, 0.717) is 5.69 Å². The van der Waals surface area contributed by atoms with Crippen LogP contribution in [0.5, 0.6) is 0 Å². The Morgan fingerprint density at radius 2 is 2.12 bits per heavy atom. The molecule has 2 aromatic heterocycles.